The van der Waals surface area contributed by atoms with Crippen molar-refractivity contribution in [3.8, 4) is 0 Å². The highest BCUT2D eigenvalue weighted by Gasteiger charge is 2.39. The number of nitrogens with one attached hydrogen (secondary N) is 1. The first-order chi connectivity index (χ1) is 14.0. The number of piperidine rings is 2. The smallest absolute Gasteiger partial charge is 0.194 e. The highest BCUT2D eigenvalue weighted by atomic mass is 127. The Morgan fingerprint density at radius 3 is 2.50 bits per heavy atom. The second kappa shape index (κ2) is 12.2. The van der Waals surface area contributed by atoms with Crippen LogP contribution in [0.1, 0.15) is 44.6 Å². The summed E-state index contributed by atoms with van der Waals surface area (Å²) in [6.45, 7) is 9.08. The Hall–Kier alpha value is -0.930. The van der Waals surface area contributed by atoms with E-state index in [1.54, 1.807) is 12.1 Å². The molecule has 0 saturated carbocycles. The Kier molecular flexibility index (Phi) is 10.3. The summed E-state index contributed by atoms with van der Waals surface area (Å²) < 4.78 is 13.6. The number of hydrogen-bond donors (Lipinski definition) is 1. The number of halogens is 2. The Labute approximate surface area is 199 Å². The molecular weight excluding hydrogens is 492 g/mol. The van der Waals surface area contributed by atoms with Gasteiger partial charge in [0.05, 0.1) is 6.54 Å². The Morgan fingerprint density at radius 1 is 1.17 bits per heavy atom. The van der Waals surface area contributed by atoms with E-state index in [2.05, 4.69) is 34.0 Å². The fraction of sp³-hybridized carbons (Fsp3) is 0.696. The van der Waals surface area contributed by atoms with Gasteiger partial charge in [-0.3, -0.25) is 9.89 Å². The van der Waals surface area contributed by atoms with Crippen molar-refractivity contribution >= 4 is 29.9 Å². The number of benzene rings is 1. The molecule has 170 valence electrons. The normalized spacial score (nSPS) is 20.5. The van der Waals surface area contributed by atoms with Crippen LogP contribution in [0.5, 0.6) is 0 Å². The van der Waals surface area contributed by atoms with Crippen LogP contribution in [0.4, 0.5) is 4.39 Å². The number of hydrogen-bond acceptors (Lipinski definition) is 3. The van der Waals surface area contributed by atoms with E-state index < -0.39 is 0 Å². The summed E-state index contributed by atoms with van der Waals surface area (Å²) in [5.41, 5.74) is 1.14. The second-order valence-corrected chi connectivity index (χ2v) is 8.73. The molecule has 0 radical (unpaired) electrons. The first-order valence-electron chi connectivity index (χ1n) is 11.2. The first-order valence-corrected chi connectivity index (χ1v) is 11.2. The van der Waals surface area contributed by atoms with Gasteiger partial charge in [-0.2, -0.15) is 0 Å². The summed E-state index contributed by atoms with van der Waals surface area (Å²) in [7, 11) is 4.26. The van der Waals surface area contributed by atoms with Gasteiger partial charge in [0.25, 0.3) is 0 Å². The molecule has 7 heteroatoms. The molecule has 0 unspecified atom stereocenters. The summed E-state index contributed by atoms with van der Waals surface area (Å²) in [5.74, 6) is 0.722. The van der Waals surface area contributed by atoms with Crippen LogP contribution in [0.2, 0.25) is 0 Å². The monoisotopic (exact) mass is 531 g/mol. The molecule has 3 rings (SSSR count). The van der Waals surface area contributed by atoms with E-state index in [1.807, 2.05) is 13.1 Å². The quantitative estimate of drug-likeness (QED) is 0.344. The fourth-order valence-corrected chi connectivity index (χ4v) is 4.65. The molecule has 1 aromatic carbocycles. The van der Waals surface area contributed by atoms with E-state index in [-0.39, 0.29) is 35.3 Å². The van der Waals surface area contributed by atoms with Crippen molar-refractivity contribution in [3.05, 3.63) is 35.6 Å². The average Bonchev–Trinajstić information content (AvgIpc) is 2.73. The van der Waals surface area contributed by atoms with Crippen LogP contribution in [0, 0.1) is 5.82 Å². The van der Waals surface area contributed by atoms with Gasteiger partial charge in [-0.1, -0.05) is 18.6 Å². The van der Waals surface area contributed by atoms with Crippen molar-refractivity contribution in [3.63, 3.8) is 0 Å². The standard InChI is InChI=1S/C23H38FN5.HI/c1-4-25-22(28(3)18-20-9-8-10-21(24)17-20)26-19-23(11-15-27(2)16-12-23)29-13-6-5-7-14-29;/h8-10,17H,4-7,11-16,18-19H2,1-3H3,(H,25,26);1H. The van der Waals surface area contributed by atoms with Crippen molar-refractivity contribution in [2.75, 3.05) is 53.4 Å². The molecule has 0 aromatic heterocycles. The third-order valence-corrected chi connectivity index (χ3v) is 6.47. The van der Waals surface area contributed by atoms with E-state index in [0.717, 1.165) is 37.7 Å². The maximum Gasteiger partial charge on any atom is 0.194 e. The summed E-state index contributed by atoms with van der Waals surface area (Å²) in [6.07, 6.45) is 6.33. The second-order valence-electron chi connectivity index (χ2n) is 8.73. The van der Waals surface area contributed by atoms with Gasteiger partial charge in [0.2, 0.25) is 0 Å². The average molecular weight is 532 g/mol. The van der Waals surface area contributed by atoms with E-state index in [9.17, 15) is 4.39 Å². The van der Waals surface area contributed by atoms with Crippen molar-refractivity contribution in [1.82, 2.24) is 20.0 Å². The molecule has 0 aliphatic carbocycles. The van der Waals surface area contributed by atoms with Crippen LogP contribution in [0.3, 0.4) is 0 Å². The van der Waals surface area contributed by atoms with Gasteiger partial charge in [-0.05, 0) is 83.5 Å². The zero-order valence-corrected chi connectivity index (χ0v) is 21.2. The molecule has 1 N–H and O–H groups in total. The Balaban J connectivity index is 0.00000320. The first kappa shape index (κ1) is 25.3. The molecule has 2 heterocycles. The van der Waals surface area contributed by atoms with Gasteiger partial charge >= 0.3 is 0 Å². The van der Waals surface area contributed by atoms with Crippen LogP contribution in [0.15, 0.2) is 29.3 Å². The van der Waals surface area contributed by atoms with E-state index in [1.165, 1.54) is 51.3 Å². The van der Waals surface area contributed by atoms with Crippen LogP contribution in [-0.4, -0.2) is 79.6 Å². The lowest BCUT2D eigenvalue weighted by molar-refractivity contribution is 0.0206. The molecule has 0 bridgehead atoms. The zero-order valence-electron chi connectivity index (χ0n) is 18.9. The van der Waals surface area contributed by atoms with Gasteiger partial charge < -0.3 is 15.1 Å². The minimum Gasteiger partial charge on any atom is -0.357 e. The molecule has 2 aliphatic heterocycles. The number of rotatable bonds is 6. The van der Waals surface area contributed by atoms with Crippen molar-refractivity contribution in [1.29, 1.82) is 0 Å². The summed E-state index contributed by atoms with van der Waals surface area (Å²) in [4.78, 5) is 12.4. The maximum absolute atomic E-state index is 13.6. The largest absolute Gasteiger partial charge is 0.357 e. The summed E-state index contributed by atoms with van der Waals surface area (Å²) in [6, 6.07) is 6.83. The predicted molar refractivity (Wildman–Crippen MR) is 134 cm³/mol. The van der Waals surface area contributed by atoms with E-state index in [0.29, 0.717) is 6.54 Å². The van der Waals surface area contributed by atoms with Crippen molar-refractivity contribution < 1.29 is 4.39 Å². The van der Waals surface area contributed by atoms with E-state index >= 15 is 0 Å². The van der Waals surface area contributed by atoms with Crippen molar-refractivity contribution in [2.24, 2.45) is 4.99 Å². The highest BCUT2D eigenvalue weighted by molar-refractivity contribution is 14.0. The van der Waals surface area contributed by atoms with Crippen molar-refractivity contribution in [2.45, 2.75) is 51.1 Å². The lowest BCUT2D eigenvalue weighted by atomic mass is 9.84. The zero-order chi connectivity index (χ0) is 20.7. The molecule has 0 amide bonds. The SMILES string of the molecule is CCNC(=NCC1(N2CCCCC2)CCN(C)CC1)N(C)Cc1cccc(F)c1.I. The molecule has 5 nitrogen and oxygen atoms in total. The van der Waals surface area contributed by atoms with Crippen LogP contribution < -0.4 is 5.32 Å². The molecule has 1 aromatic rings. The van der Waals surface area contributed by atoms with Gasteiger partial charge in [0, 0.05) is 25.7 Å². The molecule has 30 heavy (non-hydrogen) atoms. The molecular formula is C23H39FIN5. The maximum atomic E-state index is 13.6. The van der Waals surface area contributed by atoms with E-state index in [4.69, 9.17) is 4.99 Å². The van der Waals surface area contributed by atoms with Gasteiger partial charge in [0.15, 0.2) is 5.96 Å². The number of guanidine groups is 1. The third kappa shape index (κ3) is 6.79. The Morgan fingerprint density at radius 2 is 1.87 bits per heavy atom. The van der Waals surface area contributed by atoms with Gasteiger partial charge in [-0.15, -0.1) is 24.0 Å². The highest BCUT2D eigenvalue weighted by Crippen LogP contribution is 2.31. The number of likely N-dealkylation sites (tertiary alicyclic amines) is 2. The number of nitrogens with zero attached hydrogens (tertiary/aromatic N) is 4. The minimum atomic E-state index is -0.187. The third-order valence-electron chi connectivity index (χ3n) is 6.47. The topological polar surface area (TPSA) is 34.1 Å². The van der Waals surface area contributed by atoms with Gasteiger partial charge in [-0.25, -0.2) is 4.39 Å². The van der Waals surface area contributed by atoms with Crippen LogP contribution in [-0.2, 0) is 6.54 Å². The molecule has 2 saturated heterocycles. The number of aliphatic imine (C=N–C) groups is 1. The predicted octanol–water partition coefficient (Wildman–Crippen LogP) is 3.79. The molecule has 2 fully saturated rings. The lowest BCUT2D eigenvalue weighted by Crippen LogP contribution is -2.58. The molecule has 0 atom stereocenters. The molecule has 0 spiro atoms. The molecule has 2 aliphatic rings. The van der Waals surface area contributed by atoms with Crippen LogP contribution >= 0.6 is 24.0 Å². The minimum absolute atomic E-state index is 0. The lowest BCUT2D eigenvalue weighted by Gasteiger charge is -2.49. The van der Waals surface area contributed by atoms with Gasteiger partial charge in [0.1, 0.15) is 5.82 Å². The summed E-state index contributed by atoms with van der Waals surface area (Å²) >= 11 is 0. The van der Waals surface area contributed by atoms with Crippen LogP contribution in [0.25, 0.3) is 0 Å². The Bertz CT molecular complexity index is 669. The summed E-state index contributed by atoms with van der Waals surface area (Å²) in [5, 5.41) is 3.44. The fourth-order valence-electron chi connectivity index (χ4n) is 4.65.